The lowest BCUT2D eigenvalue weighted by molar-refractivity contribution is 0.0206. The molecule has 0 bridgehead atoms. The van der Waals surface area contributed by atoms with Gasteiger partial charge in [0.05, 0.1) is 10.6 Å². The minimum atomic E-state index is -3.75. The molecule has 0 saturated carbocycles. The van der Waals surface area contributed by atoms with E-state index in [1.165, 1.54) is 12.1 Å². The third-order valence-corrected chi connectivity index (χ3v) is 6.29. The molecule has 1 aromatic carbocycles. The topological polar surface area (TPSA) is 157 Å². The van der Waals surface area contributed by atoms with Gasteiger partial charge in [-0.2, -0.15) is 4.98 Å². The molecule has 1 amide bonds. The molecule has 13 heteroatoms. The molecular formula is C23H30N8O4S. The SMILES string of the molecule is CC(C)(C)OC(=O)N1CCCC(Nc2cc(-n3cnc(Nc4ccc(S(N)(=O)=O)cc4)n3)ccn2)C1. The number of ether oxygens (including phenoxy) is 1. The van der Waals surface area contributed by atoms with E-state index in [2.05, 4.69) is 25.7 Å². The fraction of sp³-hybridized carbons (Fsp3) is 0.391. The lowest BCUT2D eigenvalue weighted by atomic mass is 10.1. The summed E-state index contributed by atoms with van der Waals surface area (Å²) >= 11 is 0. The van der Waals surface area contributed by atoms with Crippen LogP contribution in [0.15, 0.2) is 53.8 Å². The Labute approximate surface area is 209 Å². The third kappa shape index (κ3) is 6.70. The average Bonchev–Trinajstić information content (AvgIpc) is 3.27. The van der Waals surface area contributed by atoms with Gasteiger partial charge in [0.2, 0.25) is 16.0 Å². The van der Waals surface area contributed by atoms with Crippen LogP contribution < -0.4 is 15.8 Å². The molecule has 1 fully saturated rings. The van der Waals surface area contributed by atoms with Crippen LogP contribution in [0, 0.1) is 0 Å². The lowest BCUT2D eigenvalue weighted by Gasteiger charge is -2.34. The van der Waals surface area contributed by atoms with Crippen molar-refractivity contribution >= 4 is 33.6 Å². The van der Waals surface area contributed by atoms with Gasteiger partial charge >= 0.3 is 6.09 Å². The highest BCUT2D eigenvalue weighted by molar-refractivity contribution is 7.89. The van der Waals surface area contributed by atoms with Crippen LogP contribution >= 0.6 is 0 Å². The molecule has 36 heavy (non-hydrogen) atoms. The maximum atomic E-state index is 12.4. The van der Waals surface area contributed by atoms with Crippen LogP contribution in [0.25, 0.3) is 5.69 Å². The Bertz CT molecular complexity index is 1320. The number of anilines is 3. The molecule has 4 rings (SSSR count). The van der Waals surface area contributed by atoms with E-state index in [4.69, 9.17) is 9.88 Å². The molecule has 0 aliphatic carbocycles. The number of piperidine rings is 1. The van der Waals surface area contributed by atoms with Crippen LogP contribution in [-0.4, -0.2) is 63.9 Å². The number of nitrogens with two attached hydrogens (primary N) is 1. The van der Waals surface area contributed by atoms with E-state index in [-0.39, 0.29) is 17.0 Å². The summed E-state index contributed by atoms with van der Waals surface area (Å²) in [7, 11) is -3.75. The fourth-order valence-corrected chi connectivity index (χ4v) is 4.25. The zero-order valence-corrected chi connectivity index (χ0v) is 21.2. The molecule has 2 aromatic heterocycles. The molecule has 4 N–H and O–H groups in total. The number of nitrogens with zero attached hydrogens (tertiary/aromatic N) is 5. The highest BCUT2D eigenvalue weighted by atomic mass is 32.2. The fourth-order valence-electron chi connectivity index (χ4n) is 3.74. The van der Waals surface area contributed by atoms with Crippen LogP contribution in [-0.2, 0) is 14.8 Å². The average molecular weight is 515 g/mol. The number of hydrogen-bond acceptors (Lipinski definition) is 9. The summed E-state index contributed by atoms with van der Waals surface area (Å²) in [5, 5.41) is 16.0. The predicted octanol–water partition coefficient (Wildman–Crippen LogP) is 2.86. The van der Waals surface area contributed by atoms with Crippen molar-refractivity contribution in [2.24, 2.45) is 5.14 Å². The van der Waals surface area contributed by atoms with Gasteiger partial charge in [-0.25, -0.2) is 28.0 Å². The molecular weight excluding hydrogens is 484 g/mol. The maximum Gasteiger partial charge on any atom is 0.410 e. The highest BCUT2D eigenvalue weighted by Crippen LogP contribution is 2.20. The molecule has 12 nitrogen and oxygen atoms in total. The van der Waals surface area contributed by atoms with Crippen molar-refractivity contribution in [1.82, 2.24) is 24.6 Å². The van der Waals surface area contributed by atoms with Crippen LogP contribution in [0.1, 0.15) is 33.6 Å². The van der Waals surface area contributed by atoms with Crippen molar-refractivity contribution in [3.05, 3.63) is 48.9 Å². The highest BCUT2D eigenvalue weighted by Gasteiger charge is 2.27. The Morgan fingerprint density at radius 3 is 2.61 bits per heavy atom. The molecule has 3 heterocycles. The van der Waals surface area contributed by atoms with Crippen molar-refractivity contribution in [2.45, 2.75) is 50.2 Å². The molecule has 1 unspecified atom stereocenters. The molecule has 1 aliphatic heterocycles. The van der Waals surface area contributed by atoms with Gasteiger partial charge in [0.1, 0.15) is 17.7 Å². The normalized spacial score (nSPS) is 16.4. The van der Waals surface area contributed by atoms with Crippen molar-refractivity contribution in [1.29, 1.82) is 0 Å². The zero-order valence-electron chi connectivity index (χ0n) is 20.4. The summed E-state index contributed by atoms with van der Waals surface area (Å²) < 4.78 is 29.9. The Balaban J connectivity index is 1.39. The molecule has 3 aromatic rings. The quantitative estimate of drug-likeness (QED) is 0.450. The van der Waals surface area contributed by atoms with E-state index in [1.807, 2.05) is 26.8 Å². The summed E-state index contributed by atoms with van der Waals surface area (Å²) in [6.45, 7) is 6.77. The number of benzene rings is 1. The lowest BCUT2D eigenvalue weighted by Crippen LogP contribution is -2.47. The summed E-state index contributed by atoms with van der Waals surface area (Å²) in [4.78, 5) is 22.9. The Hall–Kier alpha value is -3.71. The van der Waals surface area contributed by atoms with Gasteiger partial charge in [-0.3, -0.25) is 0 Å². The van der Waals surface area contributed by atoms with Gasteiger partial charge in [0.25, 0.3) is 0 Å². The van der Waals surface area contributed by atoms with Crippen molar-refractivity contribution < 1.29 is 17.9 Å². The summed E-state index contributed by atoms with van der Waals surface area (Å²) in [5.41, 5.74) is 0.828. The number of nitrogens with one attached hydrogen (secondary N) is 2. The number of pyridine rings is 1. The van der Waals surface area contributed by atoms with Gasteiger partial charge in [-0.15, -0.1) is 5.10 Å². The number of carbonyl (C=O) groups excluding carboxylic acids is 1. The standard InChI is InChI=1S/C23H30N8O4S/c1-23(2,3)35-22(32)30-12-4-5-17(14-30)27-20-13-18(10-11-25-20)31-15-26-21(29-31)28-16-6-8-19(9-7-16)36(24,33)34/h6-11,13,15,17H,4-5,12,14H2,1-3H3,(H,25,27)(H,28,29)(H2,24,33,34). The summed E-state index contributed by atoms with van der Waals surface area (Å²) in [6.07, 6.45) is 4.70. The van der Waals surface area contributed by atoms with E-state index >= 15 is 0 Å². The van der Waals surface area contributed by atoms with Crippen molar-refractivity contribution in [2.75, 3.05) is 23.7 Å². The van der Waals surface area contributed by atoms with E-state index in [9.17, 15) is 13.2 Å². The first-order chi connectivity index (χ1) is 17.0. The van der Waals surface area contributed by atoms with Crippen LogP contribution in [0.3, 0.4) is 0 Å². The van der Waals surface area contributed by atoms with E-state index in [0.29, 0.717) is 30.5 Å². The van der Waals surface area contributed by atoms with Crippen LogP contribution in [0.4, 0.5) is 22.2 Å². The maximum absolute atomic E-state index is 12.4. The van der Waals surface area contributed by atoms with Gasteiger partial charge < -0.3 is 20.3 Å². The van der Waals surface area contributed by atoms with E-state index in [0.717, 1.165) is 18.5 Å². The van der Waals surface area contributed by atoms with E-state index in [1.54, 1.807) is 40.3 Å². The first-order valence-corrected chi connectivity index (χ1v) is 13.0. The zero-order chi connectivity index (χ0) is 25.9. The van der Waals surface area contributed by atoms with Gasteiger partial charge in [0.15, 0.2) is 0 Å². The second kappa shape index (κ2) is 10.1. The molecule has 0 spiro atoms. The van der Waals surface area contributed by atoms with Gasteiger partial charge in [0, 0.05) is 37.1 Å². The third-order valence-electron chi connectivity index (χ3n) is 5.36. The van der Waals surface area contributed by atoms with Gasteiger partial charge in [-0.05, 0) is 63.9 Å². The largest absolute Gasteiger partial charge is 0.444 e. The van der Waals surface area contributed by atoms with Crippen LogP contribution in [0.5, 0.6) is 0 Å². The van der Waals surface area contributed by atoms with Crippen molar-refractivity contribution in [3.63, 3.8) is 0 Å². The monoisotopic (exact) mass is 514 g/mol. The molecule has 1 aliphatic rings. The Morgan fingerprint density at radius 1 is 1.17 bits per heavy atom. The van der Waals surface area contributed by atoms with Gasteiger partial charge in [-0.1, -0.05) is 0 Å². The second-order valence-corrected chi connectivity index (χ2v) is 11.1. The summed E-state index contributed by atoms with van der Waals surface area (Å²) in [6, 6.07) is 9.68. The number of rotatable bonds is 6. The first-order valence-electron chi connectivity index (χ1n) is 11.5. The predicted molar refractivity (Wildman–Crippen MR) is 135 cm³/mol. The number of aromatic nitrogens is 4. The van der Waals surface area contributed by atoms with E-state index < -0.39 is 15.6 Å². The number of primary sulfonamides is 1. The minimum Gasteiger partial charge on any atom is -0.444 e. The number of likely N-dealkylation sites (tertiary alicyclic amines) is 1. The number of hydrogen-bond donors (Lipinski definition) is 3. The second-order valence-electron chi connectivity index (χ2n) is 9.52. The number of amides is 1. The number of sulfonamides is 1. The molecule has 0 radical (unpaired) electrons. The first kappa shape index (κ1) is 25.4. The van der Waals surface area contributed by atoms with Crippen LogP contribution in [0.2, 0.25) is 0 Å². The Kier molecular flexibility index (Phi) is 7.13. The minimum absolute atomic E-state index is 0.0236. The molecule has 1 saturated heterocycles. The summed E-state index contributed by atoms with van der Waals surface area (Å²) in [5.74, 6) is 0.997. The number of carbonyl (C=O) groups is 1. The molecule has 192 valence electrons. The Morgan fingerprint density at radius 2 is 1.92 bits per heavy atom. The molecule has 1 atom stereocenters. The van der Waals surface area contributed by atoms with Crippen molar-refractivity contribution in [3.8, 4) is 5.69 Å². The smallest absolute Gasteiger partial charge is 0.410 e.